The molecule has 0 saturated heterocycles. The van der Waals surface area contributed by atoms with Crippen LogP contribution in [-0.2, 0) is 44.3 Å². The van der Waals surface area contributed by atoms with E-state index < -0.39 is 17.7 Å². The van der Waals surface area contributed by atoms with Crippen LogP contribution in [0.15, 0.2) is 24.3 Å². The topological polar surface area (TPSA) is 117 Å². The molecule has 0 heterocycles. The van der Waals surface area contributed by atoms with Crippen LogP contribution < -0.4 is 10.6 Å². The zero-order valence-electron chi connectivity index (χ0n) is 32.9. The van der Waals surface area contributed by atoms with E-state index in [1.807, 2.05) is 31.2 Å². The highest BCUT2D eigenvalue weighted by molar-refractivity contribution is 5.69. The molecule has 1 aliphatic carbocycles. The molecule has 2 atom stereocenters. The summed E-state index contributed by atoms with van der Waals surface area (Å²) in [6.07, 6.45) is 0.911. The van der Waals surface area contributed by atoms with E-state index in [9.17, 15) is 19.8 Å². The lowest BCUT2D eigenvalue weighted by Crippen LogP contribution is -2.57. The van der Waals surface area contributed by atoms with E-state index in [0.717, 1.165) is 39.8 Å². The fraction of sp³-hybridized carbons (Fsp3) is 0.659. The molecule has 274 valence electrons. The summed E-state index contributed by atoms with van der Waals surface area (Å²) in [5.74, 6) is 0.574. The number of benzene rings is 2. The number of hydrogen-bond donors (Lipinski definition) is 4. The Balaban J connectivity index is 1.70. The van der Waals surface area contributed by atoms with Crippen molar-refractivity contribution >= 4 is 12.2 Å². The van der Waals surface area contributed by atoms with E-state index in [2.05, 4.69) is 108 Å². The molecule has 2 unspecified atom stereocenters. The molecule has 8 heteroatoms. The van der Waals surface area contributed by atoms with Gasteiger partial charge in [0.25, 0.3) is 0 Å². The first-order valence-corrected chi connectivity index (χ1v) is 17.6. The van der Waals surface area contributed by atoms with Crippen LogP contribution in [0.2, 0.25) is 0 Å². The zero-order valence-corrected chi connectivity index (χ0v) is 32.9. The van der Waals surface area contributed by atoms with Crippen molar-refractivity contribution < 1.29 is 29.3 Å². The third-order valence-electron chi connectivity index (χ3n) is 9.40. The molecule has 2 amide bonds. The summed E-state index contributed by atoms with van der Waals surface area (Å²) in [5.41, 5.74) is 2.95. The fourth-order valence-corrected chi connectivity index (χ4v) is 7.31. The third kappa shape index (κ3) is 10.5. The molecule has 0 aliphatic heterocycles. The number of carbonyl (C=O) groups excluding carboxylic acids is 2. The van der Waals surface area contributed by atoms with Crippen molar-refractivity contribution in [2.45, 2.75) is 170 Å². The van der Waals surface area contributed by atoms with Crippen molar-refractivity contribution in [3.8, 4) is 11.5 Å². The van der Waals surface area contributed by atoms with Crippen LogP contribution in [0.4, 0.5) is 9.59 Å². The van der Waals surface area contributed by atoms with Crippen LogP contribution in [0.25, 0.3) is 0 Å². The van der Waals surface area contributed by atoms with Crippen LogP contribution >= 0.6 is 0 Å². The van der Waals surface area contributed by atoms with Crippen LogP contribution in [0.3, 0.4) is 0 Å². The molecule has 2 aromatic carbocycles. The highest BCUT2D eigenvalue weighted by Crippen LogP contribution is 2.43. The van der Waals surface area contributed by atoms with E-state index in [1.54, 1.807) is 0 Å². The predicted octanol–water partition coefficient (Wildman–Crippen LogP) is 9.78. The normalized spacial score (nSPS) is 20.0. The monoisotopic (exact) mass is 680 g/mol. The van der Waals surface area contributed by atoms with Gasteiger partial charge in [-0.3, -0.25) is 0 Å². The van der Waals surface area contributed by atoms with Crippen molar-refractivity contribution in [2.75, 3.05) is 0 Å². The summed E-state index contributed by atoms with van der Waals surface area (Å²) in [6.45, 7) is 31.0. The maximum atomic E-state index is 13.2. The quantitative estimate of drug-likeness (QED) is 0.241. The Kier molecular flexibility index (Phi) is 11.2. The molecule has 0 radical (unpaired) electrons. The molecule has 0 aromatic heterocycles. The minimum absolute atomic E-state index is 0.0663. The molecule has 1 saturated carbocycles. The molecule has 8 nitrogen and oxygen atoms in total. The van der Waals surface area contributed by atoms with Crippen molar-refractivity contribution in [3.05, 3.63) is 57.6 Å². The van der Waals surface area contributed by atoms with Crippen molar-refractivity contribution in [3.63, 3.8) is 0 Å². The highest BCUT2D eigenvalue weighted by Gasteiger charge is 2.43. The number of aromatic hydroxyl groups is 2. The summed E-state index contributed by atoms with van der Waals surface area (Å²) >= 11 is 0. The number of carbonyl (C=O) groups is 2. The van der Waals surface area contributed by atoms with Gasteiger partial charge in [0.15, 0.2) is 0 Å². The lowest BCUT2D eigenvalue weighted by atomic mass is 9.67. The molecule has 1 fully saturated rings. The highest BCUT2D eigenvalue weighted by atomic mass is 16.6. The predicted molar refractivity (Wildman–Crippen MR) is 197 cm³/mol. The SMILES string of the molecule is CC1(C)CC(NC(=O)OCc2cc(C(C)(C)C)c(O)c(C(C)(C)C)c2)CC(C)(NC(=O)OCc2cc(C(C)(C)C)c(O)c(C(C)(C)C)c2)C1. The Morgan fingerprint density at radius 3 is 1.35 bits per heavy atom. The number of phenols is 2. The van der Waals surface area contributed by atoms with E-state index in [0.29, 0.717) is 12.8 Å². The molecule has 0 spiro atoms. The van der Waals surface area contributed by atoms with Crippen LogP contribution in [0.1, 0.15) is 156 Å². The Hall–Kier alpha value is -3.42. The number of hydrogen-bond acceptors (Lipinski definition) is 6. The molecule has 3 rings (SSSR count). The standard InChI is InChI=1S/C41H64N2O6/c1-36(2,3)28-16-25(17-29(32(28)44)37(4,5)6)22-48-34(46)42-27-20-40(13,14)24-41(15,21-27)43-35(47)49-23-26-18-30(38(7,8)9)33(45)31(19-26)39(10,11)12/h16-19,27,44-45H,20-24H2,1-15H3,(H,42,46)(H,43,47). The molecular weight excluding hydrogens is 616 g/mol. The Morgan fingerprint density at radius 1 is 0.653 bits per heavy atom. The number of amides is 2. The zero-order chi connectivity index (χ0) is 37.5. The fourth-order valence-electron chi connectivity index (χ4n) is 7.31. The second kappa shape index (κ2) is 13.7. The maximum Gasteiger partial charge on any atom is 0.407 e. The van der Waals surface area contributed by atoms with Gasteiger partial charge in [0.05, 0.1) is 0 Å². The number of ether oxygens (including phenoxy) is 2. The first-order valence-electron chi connectivity index (χ1n) is 17.6. The molecule has 4 N–H and O–H groups in total. The lowest BCUT2D eigenvalue weighted by Gasteiger charge is -2.46. The second-order valence-corrected chi connectivity index (χ2v) is 19.5. The average Bonchev–Trinajstić information content (AvgIpc) is 2.87. The average molecular weight is 681 g/mol. The number of nitrogens with one attached hydrogen (secondary N) is 2. The minimum atomic E-state index is -0.626. The number of alkyl carbamates (subject to hydrolysis) is 2. The summed E-state index contributed by atoms with van der Waals surface area (Å²) in [7, 11) is 0. The summed E-state index contributed by atoms with van der Waals surface area (Å²) in [6, 6.07) is 7.44. The number of phenolic OH excluding ortho intramolecular Hbond substituents is 2. The summed E-state index contributed by atoms with van der Waals surface area (Å²) in [5, 5.41) is 28.3. The van der Waals surface area contributed by atoms with Gasteiger partial charge < -0.3 is 30.3 Å². The van der Waals surface area contributed by atoms with Crippen LogP contribution in [0, 0.1) is 5.41 Å². The largest absolute Gasteiger partial charge is 0.507 e. The van der Waals surface area contributed by atoms with E-state index in [4.69, 9.17) is 9.47 Å². The van der Waals surface area contributed by atoms with Gasteiger partial charge in [-0.2, -0.15) is 0 Å². The molecule has 1 aliphatic rings. The first kappa shape index (κ1) is 40.0. The van der Waals surface area contributed by atoms with Gasteiger partial charge in [-0.1, -0.05) is 96.9 Å². The summed E-state index contributed by atoms with van der Waals surface area (Å²) < 4.78 is 11.5. The van der Waals surface area contributed by atoms with Crippen molar-refractivity contribution in [1.82, 2.24) is 10.6 Å². The van der Waals surface area contributed by atoms with Crippen molar-refractivity contribution in [1.29, 1.82) is 0 Å². The minimum Gasteiger partial charge on any atom is -0.507 e. The van der Waals surface area contributed by atoms with E-state index >= 15 is 0 Å². The van der Waals surface area contributed by atoms with Crippen LogP contribution in [0.5, 0.6) is 11.5 Å². The molecule has 0 bridgehead atoms. The smallest absolute Gasteiger partial charge is 0.407 e. The van der Waals surface area contributed by atoms with Gasteiger partial charge in [-0.15, -0.1) is 0 Å². The van der Waals surface area contributed by atoms with Gasteiger partial charge in [0.1, 0.15) is 24.7 Å². The summed E-state index contributed by atoms with van der Waals surface area (Å²) in [4.78, 5) is 26.4. The Morgan fingerprint density at radius 2 is 1.00 bits per heavy atom. The van der Waals surface area contributed by atoms with Gasteiger partial charge in [0.2, 0.25) is 0 Å². The Bertz CT molecular complexity index is 1460. The lowest BCUT2D eigenvalue weighted by molar-refractivity contribution is 0.0768. The molecular formula is C41H64N2O6. The third-order valence-corrected chi connectivity index (χ3v) is 9.40. The maximum absolute atomic E-state index is 13.2. The number of rotatable bonds is 6. The molecule has 2 aromatic rings. The van der Waals surface area contributed by atoms with Gasteiger partial charge >= 0.3 is 12.2 Å². The second-order valence-electron chi connectivity index (χ2n) is 19.5. The van der Waals surface area contributed by atoms with Gasteiger partial charge in [-0.25, -0.2) is 9.59 Å². The van der Waals surface area contributed by atoms with E-state index in [1.165, 1.54) is 0 Å². The van der Waals surface area contributed by atoms with Crippen molar-refractivity contribution in [2.24, 2.45) is 5.41 Å². The van der Waals surface area contributed by atoms with Gasteiger partial charge in [0, 0.05) is 11.6 Å². The Labute approximate surface area is 295 Å². The molecule has 49 heavy (non-hydrogen) atoms. The van der Waals surface area contributed by atoms with E-state index in [-0.39, 0.29) is 57.8 Å². The first-order chi connectivity index (χ1) is 22.0. The van der Waals surface area contributed by atoms with Crippen LogP contribution in [-0.4, -0.2) is 34.0 Å². The van der Waals surface area contributed by atoms with Gasteiger partial charge in [-0.05, 0) is 111 Å².